The number of hydrogen-bond acceptors (Lipinski definition) is 7. The lowest BCUT2D eigenvalue weighted by molar-refractivity contribution is -0.122. The van der Waals surface area contributed by atoms with Crippen LogP contribution in [0, 0.1) is 0 Å². The lowest BCUT2D eigenvalue weighted by Crippen LogP contribution is -2.50. The first kappa shape index (κ1) is 18.0. The standard InChI is InChI=1S/C17H29N7O/c1-2-4-14-13-15(22-21-14)16(25)18-7-8-23-9-11-24(12-10-23)17-19-5-3-6-20-17/h3,5-6,14-15,21-22H,2,4,7-13H2,1H3,(H,18,25). The molecule has 25 heavy (non-hydrogen) atoms. The van der Waals surface area contributed by atoms with Gasteiger partial charge in [0.1, 0.15) is 6.04 Å². The molecule has 2 atom stereocenters. The predicted molar refractivity (Wildman–Crippen MR) is 97.1 cm³/mol. The smallest absolute Gasteiger partial charge is 0.238 e. The highest BCUT2D eigenvalue weighted by Crippen LogP contribution is 2.11. The van der Waals surface area contributed by atoms with Crippen molar-refractivity contribution < 1.29 is 4.79 Å². The van der Waals surface area contributed by atoms with Gasteiger partial charge in [-0.25, -0.2) is 15.4 Å². The van der Waals surface area contributed by atoms with E-state index >= 15 is 0 Å². The van der Waals surface area contributed by atoms with Crippen LogP contribution < -0.4 is 21.1 Å². The Morgan fingerprint density at radius 2 is 2.00 bits per heavy atom. The first-order valence-corrected chi connectivity index (χ1v) is 9.29. The molecule has 2 fully saturated rings. The van der Waals surface area contributed by atoms with Gasteiger partial charge in [0.05, 0.1) is 0 Å². The second kappa shape index (κ2) is 9.07. The van der Waals surface area contributed by atoms with Crippen LogP contribution >= 0.6 is 0 Å². The molecule has 2 aliphatic heterocycles. The molecular formula is C17H29N7O. The van der Waals surface area contributed by atoms with Crippen molar-refractivity contribution in [1.29, 1.82) is 0 Å². The molecule has 8 heteroatoms. The van der Waals surface area contributed by atoms with Crippen LogP contribution in [-0.2, 0) is 4.79 Å². The van der Waals surface area contributed by atoms with Gasteiger partial charge < -0.3 is 10.2 Å². The molecule has 3 rings (SSSR count). The van der Waals surface area contributed by atoms with Gasteiger partial charge in [0.15, 0.2) is 0 Å². The van der Waals surface area contributed by atoms with Crippen LogP contribution in [-0.4, -0.2) is 72.1 Å². The van der Waals surface area contributed by atoms with E-state index in [0.29, 0.717) is 12.6 Å². The highest BCUT2D eigenvalue weighted by atomic mass is 16.2. The van der Waals surface area contributed by atoms with E-state index in [1.54, 1.807) is 12.4 Å². The van der Waals surface area contributed by atoms with Crippen molar-refractivity contribution in [2.45, 2.75) is 38.3 Å². The van der Waals surface area contributed by atoms with E-state index in [0.717, 1.165) is 57.9 Å². The molecule has 3 heterocycles. The average molecular weight is 347 g/mol. The van der Waals surface area contributed by atoms with Crippen molar-refractivity contribution in [2.75, 3.05) is 44.2 Å². The molecule has 0 saturated carbocycles. The van der Waals surface area contributed by atoms with Gasteiger partial charge in [-0.15, -0.1) is 0 Å². The Morgan fingerprint density at radius 1 is 1.24 bits per heavy atom. The number of hydrogen-bond donors (Lipinski definition) is 3. The minimum atomic E-state index is -0.108. The van der Waals surface area contributed by atoms with Gasteiger partial charge in [-0.2, -0.15) is 0 Å². The minimum Gasteiger partial charge on any atom is -0.353 e. The fourth-order valence-electron chi connectivity index (χ4n) is 3.42. The van der Waals surface area contributed by atoms with Crippen molar-refractivity contribution in [3.8, 4) is 0 Å². The summed E-state index contributed by atoms with van der Waals surface area (Å²) in [7, 11) is 0. The molecule has 1 aromatic heterocycles. The van der Waals surface area contributed by atoms with Crippen LogP contribution in [0.4, 0.5) is 5.95 Å². The van der Waals surface area contributed by atoms with Crippen molar-refractivity contribution in [2.24, 2.45) is 0 Å². The van der Waals surface area contributed by atoms with Crippen molar-refractivity contribution in [1.82, 2.24) is 31.0 Å². The van der Waals surface area contributed by atoms with Gasteiger partial charge in [-0.3, -0.25) is 15.1 Å². The van der Waals surface area contributed by atoms with E-state index < -0.39 is 0 Å². The largest absolute Gasteiger partial charge is 0.353 e. The van der Waals surface area contributed by atoms with E-state index in [1.165, 1.54) is 0 Å². The molecule has 2 unspecified atom stereocenters. The molecule has 2 aliphatic rings. The second-order valence-electron chi connectivity index (χ2n) is 6.73. The molecule has 0 radical (unpaired) electrons. The summed E-state index contributed by atoms with van der Waals surface area (Å²) in [4.78, 5) is 25.4. The highest BCUT2D eigenvalue weighted by molar-refractivity contribution is 5.82. The monoisotopic (exact) mass is 347 g/mol. The lowest BCUT2D eigenvalue weighted by Gasteiger charge is -2.34. The van der Waals surface area contributed by atoms with E-state index in [1.807, 2.05) is 6.07 Å². The number of piperazine rings is 1. The maximum Gasteiger partial charge on any atom is 0.238 e. The molecule has 8 nitrogen and oxygen atoms in total. The van der Waals surface area contributed by atoms with Crippen molar-refractivity contribution >= 4 is 11.9 Å². The molecule has 2 saturated heterocycles. The minimum absolute atomic E-state index is 0.0995. The van der Waals surface area contributed by atoms with Crippen LogP contribution in [0.15, 0.2) is 18.5 Å². The maximum atomic E-state index is 12.2. The number of amides is 1. The summed E-state index contributed by atoms with van der Waals surface area (Å²) in [5, 5.41) is 3.06. The van der Waals surface area contributed by atoms with Crippen LogP contribution in [0.5, 0.6) is 0 Å². The molecule has 3 N–H and O–H groups in total. The molecule has 1 aromatic rings. The normalized spacial score (nSPS) is 24.4. The number of nitrogens with one attached hydrogen (secondary N) is 3. The van der Waals surface area contributed by atoms with E-state index in [-0.39, 0.29) is 11.9 Å². The number of carbonyl (C=O) groups excluding carboxylic acids is 1. The molecule has 138 valence electrons. The first-order chi connectivity index (χ1) is 12.3. The molecule has 0 bridgehead atoms. The van der Waals surface area contributed by atoms with Crippen LogP contribution in [0.1, 0.15) is 26.2 Å². The van der Waals surface area contributed by atoms with Crippen molar-refractivity contribution in [3.05, 3.63) is 18.5 Å². The summed E-state index contributed by atoms with van der Waals surface area (Å²) in [6, 6.07) is 2.14. The Bertz CT molecular complexity index is 533. The third-order valence-electron chi connectivity index (χ3n) is 4.87. The van der Waals surface area contributed by atoms with Crippen LogP contribution in [0.25, 0.3) is 0 Å². The van der Waals surface area contributed by atoms with E-state index in [4.69, 9.17) is 0 Å². The van der Waals surface area contributed by atoms with E-state index in [2.05, 4.69) is 42.9 Å². The average Bonchev–Trinajstić information content (AvgIpc) is 3.12. The number of nitrogens with zero attached hydrogens (tertiary/aromatic N) is 4. The zero-order chi connectivity index (χ0) is 17.5. The predicted octanol–water partition coefficient (Wildman–Crippen LogP) is -0.250. The second-order valence-corrected chi connectivity index (χ2v) is 6.73. The van der Waals surface area contributed by atoms with Gasteiger partial charge in [0.25, 0.3) is 0 Å². The van der Waals surface area contributed by atoms with Gasteiger partial charge in [0.2, 0.25) is 11.9 Å². The number of anilines is 1. The topological polar surface area (TPSA) is 85.4 Å². The van der Waals surface area contributed by atoms with Crippen LogP contribution in [0.2, 0.25) is 0 Å². The molecular weight excluding hydrogens is 318 g/mol. The third kappa shape index (κ3) is 5.10. The molecule has 0 spiro atoms. The van der Waals surface area contributed by atoms with E-state index in [9.17, 15) is 4.79 Å². The quantitative estimate of drug-likeness (QED) is 0.627. The first-order valence-electron chi connectivity index (χ1n) is 9.29. The fourth-order valence-corrected chi connectivity index (χ4v) is 3.42. The maximum absolute atomic E-state index is 12.2. The number of rotatable bonds is 7. The zero-order valence-corrected chi connectivity index (χ0v) is 14.9. The van der Waals surface area contributed by atoms with Gasteiger partial charge in [0, 0.05) is 57.7 Å². The fraction of sp³-hybridized carbons (Fsp3) is 0.706. The Hall–Kier alpha value is -1.77. The number of hydrazine groups is 1. The van der Waals surface area contributed by atoms with Crippen LogP contribution in [0.3, 0.4) is 0 Å². The summed E-state index contributed by atoms with van der Waals surface area (Å²) in [5.74, 6) is 0.902. The Balaban J connectivity index is 1.32. The Morgan fingerprint density at radius 3 is 2.72 bits per heavy atom. The molecule has 0 aromatic carbocycles. The summed E-state index contributed by atoms with van der Waals surface area (Å²) >= 11 is 0. The molecule has 0 aliphatic carbocycles. The summed E-state index contributed by atoms with van der Waals surface area (Å²) in [5.41, 5.74) is 6.32. The summed E-state index contributed by atoms with van der Waals surface area (Å²) in [6.45, 7) is 7.52. The van der Waals surface area contributed by atoms with Crippen molar-refractivity contribution in [3.63, 3.8) is 0 Å². The van der Waals surface area contributed by atoms with Gasteiger partial charge in [-0.1, -0.05) is 13.3 Å². The van der Waals surface area contributed by atoms with Gasteiger partial charge >= 0.3 is 0 Å². The summed E-state index contributed by atoms with van der Waals surface area (Å²) in [6.07, 6.45) is 6.66. The summed E-state index contributed by atoms with van der Waals surface area (Å²) < 4.78 is 0. The molecule has 1 amide bonds. The Labute approximate surface area is 149 Å². The zero-order valence-electron chi connectivity index (χ0n) is 14.9. The Kier molecular flexibility index (Phi) is 6.55. The number of aromatic nitrogens is 2. The van der Waals surface area contributed by atoms with Gasteiger partial charge in [-0.05, 0) is 18.9 Å². The SMILES string of the molecule is CCCC1CC(C(=O)NCCN2CCN(c3ncccn3)CC2)NN1. The third-order valence-corrected chi connectivity index (χ3v) is 4.87. The lowest BCUT2D eigenvalue weighted by atomic mass is 10.1. The highest BCUT2D eigenvalue weighted by Gasteiger charge is 2.28. The number of carbonyl (C=O) groups is 1.